The minimum Gasteiger partial charge on any atom is -0.369 e. The van der Waals surface area contributed by atoms with Crippen LogP contribution in [0.4, 0.5) is 67.1 Å². The van der Waals surface area contributed by atoms with Crippen LogP contribution in [0.5, 0.6) is 0 Å². The van der Waals surface area contributed by atoms with Gasteiger partial charge in [0.05, 0.1) is 27.5 Å². The van der Waals surface area contributed by atoms with Gasteiger partial charge in [-0.25, -0.2) is 44.9 Å². The van der Waals surface area contributed by atoms with E-state index in [0.29, 0.717) is 86.8 Å². The summed E-state index contributed by atoms with van der Waals surface area (Å²) < 4.78 is 77.5. The molecule has 6 aliphatic carbocycles. The summed E-state index contributed by atoms with van der Waals surface area (Å²) in [5.74, 6) is 6.84. The maximum absolute atomic E-state index is 12.7. The van der Waals surface area contributed by atoms with E-state index in [-0.39, 0.29) is 60.7 Å². The molecule has 8 atom stereocenters. The highest BCUT2D eigenvalue weighted by Crippen LogP contribution is 2.42. The first-order chi connectivity index (χ1) is 46.7. The third-order valence-corrected chi connectivity index (χ3v) is 19.0. The van der Waals surface area contributed by atoms with Crippen LogP contribution in [0, 0.1) is 35.5 Å². The second kappa shape index (κ2) is 37.9. The number of nitrogens with one attached hydrogen (secondary N) is 7. The Morgan fingerprint density at radius 3 is 1.00 bits per heavy atom. The summed E-state index contributed by atoms with van der Waals surface area (Å²) in [4.78, 5) is 53.1. The minimum absolute atomic E-state index is 0.0482. The molecule has 7 aromatic rings. The highest BCUT2D eigenvalue weighted by Gasteiger charge is 2.42. The Hall–Kier alpha value is -4.40. The van der Waals surface area contributed by atoms with Gasteiger partial charge in [-0.05, 0) is 206 Å². The van der Waals surface area contributed by atoms with Crippen molar-refractivity contribution in [2.45, 2.75) is 161 Å². The van der Waals surface area contributed by atoms with E-state index < -0.39 is 23.5 Å². The summed E-state index contributed by atoms with van der Waals surface area (Å²) in [5.41, 5.74) is -1.75. The van der Waals surface area contributed by atoms with Crippen LogP contribution in [0.1, 0.15) is 124 Å². The van der Waals surface area contributed by atoms with Crippen molar-refractivity contribution < 1.29 is 26.3 Å². The number of aromatic nitrogens is 14. The fourth-order valence-electron chi connectivity index (χ4n) is 9.43. The van der Waals surface area contributed by atoms with Gasteiger partial charge in [-0.2, -0.15) is 51.3 Å². The molecule has 0 aromatic carbocycles. The molecular weight excluding hydrogens is 1640 g/mol. The lowest BCUT2D eigenvalue weighted by atomic mass is 9.82. The maximum atomic E-state index is 12.7. The van der Waals surface area contributed by atoms with E-state index in [2.05, 4.69) is 173 Å². The molecule has 21 nitrogen and oxygen atoms in total. The van der Waals surface area contributed by atoms with Gasteiger partial charge in [-0.3, -0.25) is 0 Å². The van der Waals surface area contributed by atoms with Gasteiger partial charge in [0, 0.05) is 67.6 Å². The van der Waals surface area contributed by atoms with Crippen LogP contribution in [0.15, 0.2) is 52.3 Å². The van der Waals surface area contributed by atoms with E-state index in [1.165, 1.54) is 37.9 Å². The molecule has 99 heavy (non-hydrogen) atoms. The van der Waals surface area contributed by atoms with Crippen LogP contribution in [0.2, 0.25) is 52.1 Å². The minimum atomic E-state index is -4.47. The molecular formula is C60H69Br2Cl10F6N21. The van der Waals surface area contributed by atoms with Gasteiger partial charge < -0.3 is 37.2 Å². The number of alkyl halides is 6. The molecule has 540 valence electrons. The first-order valence-electron chi connectivity index (χ1n) is 31.1. The molecule has 8 unspecified atom stereocenters. The molecule has 6 fully saturated rings. The third kappa shape index (κ3) is 27.6. The summed E-state index contributed by atoms with van der Waals surface area (Å²) in [7, 11) is 0. The Kier molecular flexibility index (Phi) is 31.3. The average Bonchev–Trinajstić information content (AvgIpc) is 1.74. The second-order valence-corrected chi connectivity index (χ2v) is 29.6. The normalized spacial score (nSPS) is 23.2. The molecule has 13 rings (SSSR count). The van der Waals surface area contributed by atoms with E-state index in [4.69, 9.17) is 116 Å². The topological polar surface area (TPSA) is 265 Å². The van der Waals surface area contributed by atoms with Crippen LogP contribution in [0.3, 0.4) is 0 Å². The van der Waals surface area contributed by atoms with Crippen molar-refractivity contribution in [1.29, 1.82) is 0 Å². The molecule has 7 aromatic heterocycles. The predicted octanol–water partition coefficient (Wildman–Crippen LogP) is 20.3. The zero-order valence-corrected chi connectivity index (χ0v) is 64.5. The fourth-order valence-corrected chi connectivity index (χ4v) is 11.4. The number of anilines is 7. The largest absolute Gasteiger partial charge is 0.421 e. The quantitative estimate of drug-likeness (QED) is 0.0350. The standard InChI is InChI=1S/C10H11ClF3N3.C9H11BrClN3.C9H11Cl2N3.C9H9ClF3N3.C8H9BrClN3.C8H9Cl2N3.C7H9Cl2N3/c1-2-5-3-7(5)16-8-6(10(12,13)14)4-15-9(11)17-8;2*1-5-2-6(3-5)13-8-7(10)4-12-9(11)14-8;1-4-2-6(4)15-7-5(9(11,12)13)3-14-8(10)16-7;2*1-4-2-6(4)12-7-5(9)3-11-8(10)13-7;1-2-3-10-6-5(8)4-11-7(9)12-6/h4-5,7H,2-3H2,1H3,(H,15,16,17);2*4-6H,2-3H2,1H3,(H,12,13,14);3-4,6H,2H2,1H3,(H,14,15,16);2*3-4,6H,2H2,1H3,(H,11,12,13);4H,2-3H2,1H3,(H,10,11,12). The molecule has 7 heterocycles. The molecule has 0 bridgehead atoms. The average molecular weight is 1710 g/mol. The van der Waals surface area contributed by atoms with Crippen LogP contribution in [-0.2, 0) is 12.4 Å². The van der Waals surface area contributed by atoms with Crippen molar-refractivity contribution in [1.82, 2.24) is 69.8 Å². The number of rotatable bonds is 16. The Morgan fingerprint density at radius 1 is 0.374 bits per heavy atom. The molecule has 0 spiro atoms. The van der Waals surface area contributed by atoms with Gasteiger partial charge in [0.2, 0.25) is 37.0 Å². The Bertz CT molecular complexity index is 3650. The lowest BCUT2D eigenvalue weighted by Crippen LogP contribution is -2.34. The number of hydrogen-bond acceptors (Lipinski definition) is 21. The molecule has 6 saturated carbocycles. The Balaban J connectivity index is 0.000000163. The zero-order valence-electron chi connectivity index (χ0n) is 53.8. The van der Waals surface area contributed by atoms with E-state index in [0.717, 1.165) is 89.8 Å². The number of hydrogen-bond donors (Lipinski definition) is 7. The summed E-state index contributed by atoms with van der Waals surface area (Å²) >= 11 is 63.6. The van der Waals surface area contributed by atoms with Crippen LogP contribution >= 0.6 is 148 Å². The molecule has 7 N–H and O–H groups in total. The van der Waals surface area contributed by atoms with Gasteiger partial charge in [0.15, 0.2) is 0 Å². The van der Waals surface area contributed by atoms with Gasteiger partial charge in [-0.15, -0.1) is 0 Å². The van der Waals surface area contributed by atoms with E-state index >= 15 is 0 Å². The fraction of sp³-hybridized carbons (Fsp3) is 0.533. The van der Waals surface area contributed by atoms with Crippen molar-refractivity contribution in [2.24, 2.45) is 35.5 Å². The smallest absolute Gasteiger partial charge is 0.369 e. The molecule has 6 aliphatic rings. The van der Waals surface area contributed by atoms with Gasteiger partial charge in [0.1, 0.15) is 66.9 Å². The SMILES string of the molecule is CC1CC(Nc2nc(Cl)ncc2Br)C1.CC1CC(Nc2nc(Cl)ncc2Cl)C1.CC1CC1Nc1nc(Cl)ncc1Br.CC1CC1Nc1nc(Cl)ncc1C(F)(F)F.CC1CC1Nc1nc(Cl)ncc1Cl.CCC1CC1Nc1nc(Cl)ncc1C(F)(F)F.CCCNc1nc(Cl)ncc1Cl. The van der Waals surface area contributed by atoms with Crippen molar-refractivity contribution in [3.63, 3.8) is 0 Å². The highest BCUT2D eigenvalue weighted by atomic mass is 79.9. The number of nitrogens with zero attached hydrogens (tertiary/aromatic N) is 14. The summed E-state index contributed by atoms with van der Waals surface area (Å²) in [5, 5.41) is 24.0. The highest BCUT2D eigenvalue weighted by molar-refractivity contribution is 9.11. The lowest BCUT2D eigenvalue weighted by molar-refractivity contribution is -0.138. The molecule has 0 amide bonds. The first-order valence-corrected chi connectivity index (χ1v) is 36.5. The molecule has 39 heteroatoms. The third-order valence-electron chi connectivity index (χ3n) is 15.7. The second-order valence-electron chi connectivity index (χ2n) is 24.3. The summed E-state index contributed by atoms with van der Waals surface area (Å²) in [6.45, 7) is 15.7. The zero-order chi connectivity index (χ0) is 72.6. The van der Waals surface area contributed by atoms with Gasteiger partial charge >= 0.3 is 12.4 Å². The van der Waals surface area contributed by atoms with Crippen molar-refractivity contribution >= 4 is 189 Å². The Labute approximate surface area is 635 Å². The monoisotopic (exact) mass is 1710 g/mol. The van der Waals surface area contributed by atoms with Gasteiger partial charge in [-0.1, -0.05) is 89.7 Å². The molecule has 0 radical (unpaired) electrons. The van der Waals surface area contributed by atoms with Crippen LogP contribution < -0.4 is 37.2 Å². The molecule has 0 saturated heterocycles. The molecule has 0 aliphatic heterocycles. The van der Waals surface area contributed by atoms with E-state index in [1.807, 2.05) is 13.8 Å². The Morgan fingerprint density at radius 2 is 0.657 bits per heavy atom. The van der Waals surface area contributed by atoms with Crippen molar-refractivity contribution in [2.75, 3.05) is 43.8 Å². The lowest BCUT2D eigenvalue weighted by Gasteiger charge is -2.33. The number of halogens is 18. The summed E-state index contributed by atoms with van der Waals surface area (Å²) in [6, 6.07) is 2.16. The van der Waals surface area contributed by atoms with Crippen molar-refractivity contribution in [3.8, 4) is 0 Å². The van der Waals surface area contributed by atoms with Crippen molar-refractivity contribution in [3.05, 3.63) is 116 Å². The maximum Gasteiger partial charge on any atom is 0.421 e. The van der Waals surface area contributed by atoms with E-state index in [1.54, 1.807) is 12.4 Å². The van der Waals surface area contributed by atoms with Crippen LogP contribution in [-0.4, -0.2) is 113 Å². The summed E-state index contributed by atoms with van der Waals surface area (Å²) in [6.07, 6.45) is 11.1. The van der Waals surface area contributed by atoms with Gasteiger partial charge in [0.25, 0.3) is 0 Å². The first kappa shape index (κ1) is 81.9. The van der Waals surface area contributed by atoms with E-state index in [9.17, 15) is 26.3 Å². The predicted molar refractivity (Wildman–Crippen MR) is 390 cm³/mol. The van der Waals surface area contributed by atoms with Crippen LogP contribution in [0.25, 0.3) is 0 Å².